The minimum absolute atomic E-state index is 0.250. The molecule has 4 nitrogen and oxygen atoms in total. The summed E-state index contributed by atoms with van der Waals surface area (Å²) in [6.07, 6.45) is 0. The Morgan fingerprint density at radius 3 is 2.12 bits per heavy atom. The van der Waals surface area contributed by atoms with Crippen LogP contribution >= 0.6 is 0 Å². The molecule has 2 heterocycles. The molecule has 5 heteroatoms. The van der Waals surface area contributed by atoms with E-state index in [2.05, 4.69) is 22.9 Å². The van der Waals surface area contributed by atoms with Crippen LogP contribution in [0, 0.1) is 13.8 Å². The summed E-state index contributed by atoms with van der Waals surface area (Å²) in [5, 5.41) is 0. The molecular formula is C11H18IN4-. The van der Waals surface area contributed by atoms with Crippen molar-refractivity contribution in [3.63, 3.8) is 0 Å². The van der Waals surface area contributed by atoms with Crippen LogP contribution in [0.15, 0.2) is 6.07 Å². The second-order valence-corrected chi connectivity index (χ2v) is 6.35. The number of aryl methyl sites for hydroxylation is 2. The van der Waals surface area contributed by atoms with Gasteiger partial charge in [-0.05, 0) is 0 Å². The Labute approximate surface area is 108 Å². The van der Waals surface area contributed by atoms with Crippen LogP contribution in [-0.4, -0.2) is 44.2 Å². The molecule has 16 heavy (non-hydrogen) atoms. The Kier molecular flexibility index (Phi) is 3.96. The zero-order valence-corrected chi connectivity index (χ0v) is 12.2. The van der Waals surface area contributed by atoms with E-state index in [1.807, 2.05) is 19.9 Å². The Morgan fingerprint density at radius 2 is 1.62 bits per heavy atom. The third-order valence-electron chi connectivity index (χ3n) is 2.72. The average molecular weight is 333 g/mol. The van der Waals surface area contributed by atoms with Crippen molar-refractivity contribution in [2.45, 2.75) is 13.8 Å². The number of nitrogens with zero attached hydrogens (tertiary/aromatic N) is 4. The van der Waals surface area contributed by atoms with E-state index < -0.39 is 0 Å². The number of piperazine rings is 1. The van der Waals surface area contributed by atoms with Crippen molar-refractivity contribution < 1.29 is 21.5 Å². The Hall–Kier alpha value is -0.430. The number of anilines is 1. The molecule has 0 radical (unpaired) electrons. The van der Waals surface area contributed by atoms with E-state index in [4.69, 9.17) is 0 Å². The Morgan fingerprint density at radius 1 is 1.06 bits per heavy atom. The van der Waals surface area contributed by atoms with Gasteiger partial charge in [-0.1, -0.05) is 0 Å². The molecule has 1 aliphatic heterocycles. The van der Waals surface area contributed by atoms with Gasteiger partial charge in [0.25, 0.3) is 0 Å². The molecule has 1 aromatic heterocycles. The summed E-state index contributed by atoms with van der Waals surface area (Å²) in [4.78, 5) is 13.7. The molecule has 0 aliphatic carbocycles. The number of hydrogen-bond donors (Lipinski definition) is 0. The Balaban J connectivity index is 2.08. The van der Waals surface area contributed by atoms with Gasteiger partial charge in [0.15, 0.2) is 0 Å². The van der Waals surface area contributed by atoms with Gasteiger partial charge in [0.05, 0.1) is 0 Å². The molecule has 1 fully saturated rings. The third kappa shape index (κ3) is 2.82. The fourth-order valence-electron chi connectivity index (χ4n) is 1.90. The molecule has 90 valence electrons. The number of alkyl halides is 1. The van der Waals surface area contributed by atoms with E-state index in [1.165, 1.54) is 13.1 Å². The molecule has 0 unspecified atom stereocenters. The van der Waals surface area contributed by atoms with E-state index in [0.717, 1.165) is 30.4 Å². The molecule has 0 N–H and O–H groups in total. The topological polar surface area (TPSA) is 32.3 Å². The van der Waals surface area contributed by atoms with Crippen LogP contribution in [0.4, 0.5) is 5.95 Å². The molecule has 0 aromatic carbocycles. The summed E-state index contributed by atoms with van der Waals surface area (Å²) in [6.45, 7) is 8.53. The van der Waals surface area contributed by atoms with Gasteiger partial charge < -0.3 is 0 Å². The van der Waals surface area contributed by atoms with E-state index in [9.17, 15) is 0 Å². The molecule has 1 aromatic rings. The molecule has 0 amide bonds. The first kappa shape index (κ1) is 12.0. The average Bonchev–Trinajstić information content (AvgIpc) is 2.28. The fourth-order valence-corrected chi connectivity index (χ4v) is 3.30. The van der Waals surface area contributed by atoms with Crippen LogP contribution < -0.4 is 26.4 Å². The first-order valence-corrected chi connectivity index (χ1v) is 8.63. The summed E-state index contributed by atoms with van der Waals surface area (Å²) in [5.74, 6) is 0.909. The summed E-state index contributed by atoms with van der Waals surface area (Å²) in [7, 11) is 0. The van der Waals surface area contributed by atoms with Crippen molar-refractivity contribution in [3.8, 4) is 0 Å². The van der Waals surface area contributed by atoms with E-state index in [0.29, 0.717) is 0 Å². The van der Waals surface area contributed by atoms with Gasteiger partial charge in [-0.25, -0.2) is 0 Å². The predicted octanol–water partition coefficient (Wildman–Crippen LogP) is -2.15. The van der Waals surface area contributed by atoms with Crippen molar-refractivity contribution in [3.05, 3.63) is 17.5 Å². The molecule has 2 rings (SSSR count). The van der Waals surface area contributed by atoms with E-state index in [1.54, 1.807) is 0 Å². The molecule has 0 saturated carbocycles. The fraction of sp³-hybridized carbons (Fsp3) is 0.636. The zero-order chi connectivity index (χ0) is 11.5. The molecule has 0 bridgehead atoms. The second kappa shape index (κ2) is 5.27. The van der Waals surface area contributed by atoms with Gasteiger partial charge in [0.2, 0.25) is 0 Å². The van der Waals surface area contributed by atoms with Crippen LogP contribution in [0.1, 0.15) is 11.4 Å². The number of aromatic nitrogens is 2. The summed E-state index contributed by atoms with van der Waals surface area (Å²) < 4.78 is 2.57. The molecule has 0 atom stereocenters. The number of hydrogen-bond acceptors (Lipinski definition) is 4. The number of rotatable bonds is 2. The maximum atomic E-state index is 4.51. The van der Waals surface area contributed by atoms with Crippen molar-refractivity contribution in [2.24, 2.45) is 0 Å². The van der Waals surface area contributed by atoms with Crippen LogP contribution in [0.3, 0.4) is 0 Å². The van der Waals surface area contributed by atoms with Crippen LogP contribution in [0.5, 0.6) is 0 Å². The first-order valence-electron chi connectivity index (χ1n) is 5.51. The van der Waals surface area contributed by atoms with E-state index >= 15 is 0 Å². The minimum atomic E-state index is 0.250. The first-order chi connectivity index (χ1) is 7.69. The van der Waals surface area contributed by atoms with Crippen molar-refractivity contribution in [1.29, 1.82) is 0 Å². The summed E-state index contributed by atoms with van der Waals surface area (Å²) in [6, 6.07) is 2.03. The zero-order valence-electron chi connectivity index (χ0n) is 10.1. The maximum absolute atomic E-state index is 4.51. The van der Waals surface area contributed by atoms with Gasteiger partial charge in [0.1, 0.15) is 0 Å². The standard InChI is InChI=1S/C11H18IN4/c1-9-8-10(2)14-11(13-9)15-4-6-16(12-3)7-5-15/h8H,4-7H2,1-3H3/q-1. The number of halogens is 1. The quantitative estimate of drug-likeness (QED) is 0.351. The van der Waals surface area contributed by atoms with Crippen molar-refractivity contribution >= 4 is 5.95 Å². The second-order valence-electron chi connectivity index (χ2n) is 4.02. The SMILES string of the molecule is C[I-]N1CCN(c2nc(C)cc(C)n2)CC1. The van der Waals surface area contributed by atoms with Gasteiger partial charge >= 0.3 is 108 Å². The van der Waals surface area contributed by atoms with Gasteiger partial charge in [-0.15, -0.1) is 0 Å². The Bertz CT molecular complexity index is 341. The van der Waals surface area contributed by atoms with Crippen molar-refractivity contribution in [2.75, 3.05) is 36.0 Å². The van der Waals surface area contributed by atoms with E-state index in [-0.39, 0.29) is 21.5 Å². The van der Waals surface area contributed by atoms with Crippen LogP contribution in [0.25, 0.3) is 0 Å². The monoisotopic (exact) mass is 333 g/mol. The normalized spacial score (nSPS) is 18.1. The molecular weight excluding hydrogens is 315 g/mol. The van der Waals surface area contributed by atoms with Crippen LogP contribution in [0.2, 0.25) is 0 Å². The molecule has 0 spiro atoms. The summed E-state index contributed by atoms with van der Waals surface area (Å²) in [5.41, 5.74) is 2.13. The summed E-state index contributed by atoms with van der Waals surface area (Å²) >= 11 is 0.250. The molecule has 1 aliphatic rings. The van der Waals surface area contributed by atoms with Gasteiger partial charge in [-0.3, -0.25) is 0 Å². The van der Waals surface area contributed by atoms with Crippen molar-refractivity contribution in [1.82, 2.24) is 13.1 Å². The van der Waals surface area contributed by atoms with Crippen LogP contribution in [-0.2, 0) is 0 Å². The third-order valence-corrected chi connectivity index (χ3v) is 5.05. The van der Waals surface area contributed by atoms with Gasteiger partial charge in [0, 0.05) is 0 Å². The molecule has 1 saturated heterocycles. The predicted molar refractivity (Wildman–Crippen MR) is 61.2 cm³/mol. The van der Waals surface area contributed by atoms with Gasteiger partial charge in [-0.2, -0.15) is 0 Å².